The van der Waals surface area contributed by atoms with Gasteiger partial charge in [-0.05, 0) is 31.4 Å². The topological polar surface area (TPSA) is 106 Å². The molecule has 11 heteroatoms. The summed E-state index contributed by atoms with van der Waals surface area (Å²) in [5.74, 6) is -2.04. The second-order valence-corrected chi connectivity index (χ2v) is 10.1. The van der Waals surface area contributed by atoms with Gasteiger partial charge < -0.3 is 10.1 Å². The SMILES string of the molecule is CCOC(=O)c1cnc(NC(=O)[C@H](CC2CCCCC2)N2C(=O)c3cc(Cl)c(Cl)cc3C2=O)s1. The summed E-state index contributed by atoms with van der Waals surface area (Å²) in [4.78, 5) is 57.1. The van der Waals surface area contributed by atoms with Gasteiger partial charge in [0.2, 0.25) is 5.91 Å². The Bertz CT molecular complexity index is 1100. The van der Waals surface area contributed by atoms with Gasteiger partial charge in [0.25, 0.3) is 11.8 Å². The number of ether oxygens (including phenoxy) is 1. The summed E-state index contributed by atoms with van der Waals surface area (Å²) in [6.07, 6.45) is 6.73. The molecule has 8 nitrogen and oxygen atoms in total. The number of amides is 3. The van der Waals surface area contributed by atoms with Crippen molar-refractivity contribution in [1.82, 2.24) is 9.88 Å². The van der Waals surface area contributed by atoms with Gasteiger partial charge in [0.15, 0.2) is 5.13 Å². The lowest BCUT2D eigenvalue weighted by Crippen LogP contribution is -2.48. The van der Waals surface area contributed by atoms with Crippen LogP contribution in [-0.4, -0.2) is 46.2 Å². The van der Waals surface area contributed by atoms with Crippen LogP contribution in [0.4, 0.5) is 5.13 Å². The first-order valence-electron chi connectivity index (χ1n) is 11.1. The number of fused-ring (bicyclic) bond motifs is 1. The second kappa shape index (κ2) is 10.4. The summed E-state index contributed by atoms with van der Waals surface area (Å²) in [6, 6.07) is 1.69. The molecule has 4 rings (SSSR count). The van der Waals surface area contributed by atoms with Gasteiger partial charge in [0.05, 0.1) is 34.0 Å². The average molecular weight is 524 g/mol. The fourth-order valence-corrected chi connectivity index (χ4v) is 5.46. The highest BCUT2D eigenvalue weighted by Crippen LogP contribution is 2.35. The number of carbonyl (C=O) groups excluding carboxylic acids is 4. The molecule has 1 aliphatic heterocycles. The van der Waals surface area contributed by atoms with Gasteiger partial charge in [0, 0.05) is 0 Å². The molecule has 3 amide bonds. The van der Waals surface area contributed by atoms with E-state index >= 15 is 0 Å². The molecule has 1 aromatic heterocycles. The molecular weight excluding hydrogens is 501 g/mol. The number of imide groups is 1. The van der Waals surface area contributed by atoms with E-state index in [1.54, 1.807) is 6.92 Å². The predicted octanol–water partition coefficient (Wildman–Crippen LogP) is 5.20. The lowest BCUT2D eigenvalue weighted by molar-refractivity contribution is -0.120. The number of anilines is 1. The Kier molecular flexibility index (Phi) is 7.54. The first kappa shape index (κ1) is 24.6. The van der Waals surface area contributed by atoms with E-state index in [-0.39, 0.29) is 43.7 Å². The van der Waals surface area contributed by atoms with Gasteiger partial charge in [-0.1, -0.05) is 66.6 Å². The third-order valence-corrected chi connectivity index (χ3v) is 7.68. The van der Waals surface area contributed by atoms with E-state index in [2.05, 4.69) is 10.3 Å². The monoisotopic (exact) mass is 523 g/mol. The molecule has 1 fully saturated rings. The van der Waals surface area contributed by atoms with Crippen molar-refractivity contribution in [3.63, 3.8) is 0 Å². The van der Waals surface area contributed by atoms with Gasteiger partial charge in [-0.2, -0.15) is 0 Å². The van der Waals surface area contributed by atoms with Gasteiger partial charge in [-0.25, -0.2) is 9.78 Å². The van der Waals surface area contributed by atoms with Crippen molar-refractivity contribution >= 4 is 63.4 Å². The zero-order valence-electron chi connectivity index (χ0n) is 18.4. The van der Waals surface area contributed by atoms with Crippen LogP contribution in [0.5, 0.6) is 0 Å². The van der Waals surface area contributed by atoms with E-state index in [9.17, 15) is 19.2 Å². The Morgan fingerprint density at radius 1 is 1.15 bits per heavy atom. The molecule has 0 unspecified atom stereocenters. The van der Waals surface area contributed by atoms with Crippen molar-refractivity contribution in [1.29, 1.82) is 0 Å². The highest BCUT2D eigenvalue weighted by Gasteiger charge is 2.44. The minimum absolute atomic E-state index is 0.125. The Hall–Kier alpha value is -2.49. The number of hydrogen-bond donors (Lipinski definition) is 1. The van der Waals surface area contributed by atoms with Crippen molar-refractivity contribution in [2.45, 2.75) is 51.5 Å². The summed E-state index contributed by atoms with van der Waals surface area (Å²) in [5, 5.41) is 3.18. The van der Waals surface area contributed by atoms with Crippen LogP contribution in [0.3, 0.4) is 0 Å². The fourth-order valence-electron chi connectivity index (χ4n) is 4.42. The standard InChI is InChI=1S/C23H23Cl2N3O5S/c1-2-33-22(32)18-11-26-23(34-18)27-19(29)17(8-12-6-4-3-5-7-12)28-20(30)13-9-15(24)16(25)10-14(13)21(28)31/h9-12,17H,2-8H2,1H3,(H,26,27,29)/t17-/m0/s1. The molecule has 1 atom stereocenters. The normalized spacial score (nSPS) is 17.0. The van der Waals surface area contributed by atoms with Gasteiger partial charge >= 0.3 is 5.97 Å². The molecule has 0 radical (unpaired) electrons. The van der Waals surface area contributed by atoms with Crippen molar-refractivity contribution in [3.05, 3.63) is 44.4 Å². The third-order valence-electron chi connectivity index (χ3n) is 6.07. The number of nitrogens with one attached hydrogen (secondary N) is 1. The van der Waals surface area contributed by atoms with E-state index < -0.39 is 29.7 Å². The van der Waals surface area contributed by atoms with Crippen LogP contribution in [0.1, 0.15) is 75.8 Å². The largest absolute Gasteiger partial charge is 0.462 e. The van der Waals surface area contributed by atoms with Crippen molar-refractivity contribution < 1.29 is 23.9 Å². The summed E-state index contributed by atoms with van der Waals surface area (Å²) in [5.41, 5.74) is 0.249. The summed E-state index contributed by atoms with van der Waals surface area (Å²) < 4.78 is 4.96. The molecule has 34 heavy (non-hydrogen) atoms. The quantitative estimate of drug-likeness (QED) is 0.394. The first-order valence-corrected chi connectivity index (χ1v) is 12.7. The lowest BCUT2D eigenvalue weighted by Gasteiger charge is -2.30. The molecule has 1 saturated carbocycles. The fraction of sp³-hybridized carbons (Fsp3) is 0.435. The smallest absolute Gasteiger partial charge is 0.350 e. The lowest BCUT2D eigenvalue weighted by atomic mass is 9.84. The number of carbonyl (C=O) groups is 4. The maximum Gasteiger partial charge on any atom is 0.350 e. The maximum absolute atomic E-state index is 13.4. The van der Waals surface area contributed by atoms with Crippen LogP contribution in [0, 0.1) is 5.92 Å². The molecule has 0 spiro atoms. The summed E-state index contributed by atoms with van der Waals surface area (Å²) in [6.45, 7) is 1.91. The van der Waals surface area contributed by atoms with Crippen LogP contribution in [0.25, 0.3) is 0 Å². The van der Waals surface area contributed by atoms with E-state index in [1.165, 1.54) is 18.3 Å². The molecule has 1 aliphatic carbocycles. The molecule has 0 bridgehead atoms. The number of rotatable bonds is 7. The third kappa shape index (κ3) is 4.96. The predicted molar refractivity (Wildman–Crippen MR) is 129 cm³/mol. The number of hydrogen-bond acceptors (Lipinski definition) is 7. The average Bonchev–Trinajstić information content (AvgIpc) is 3.37. The highest BCUT2D eigenvalue weighted by molar-refractivity contribution is 7.17. The molecule has 1 aromatic carbocycles. The van der Waals surface area contributed by atoms with E-state index in [0.717, 1.165) is 48.3 Å². The number of halogens is 2. The van der Waals surface area contributed by atoms with Gasteiger partial charge in [-0.3, -0.25) is 19.3 Å². The number of thiazole rings is 1. The Morgan fingerprint density at radius 3 is 2.35 bits per heavy atom. The molecule has 2 aliphatic rings. The molecule has 180 valence electrons. The second-order valence-electron chi connectivity index (χ2n) is 8.29. The molecule has 2 heterocycles. The van der Waals surface area contributed by atoms with Crippen molar-refractivity contribution in [2.24, 2.45) is 5.92 Å². The van der Waals surface area contributed by atoms with Crippen LogP contribution < -0.4 is 5.32 Å². The highest BCUT2D eigenvalue weighted by atomic mass is 35.5. The van der Waals surface area contributed by atoms with E-state index in [4.69, 9.17) is 27.9 Å². The number of esters is 1. The van der Waals surface area contributed by atoms with Gasteiger partial charge in [0.1, 0.15) is 10.9 Å². The van der Waals surface area contributed by atoms with Crippen molar-refractivity contribution in [3.8, 4) is 0 Å². The summed E-state index contributed by atoms with van der Waals surface area (Å²) >= 11 is 13.1. The number of nitrogens with zero attached hydrogens (tertiary/aromatic N) is 2. The number of benzene rings is 1. The maximum atomic E-state index is 13.4. The minimum atomic E-state index is -1.04. The van der Waals surface area contributed by atoms with Crippen LogP contribution >= 0.6 is 34.5 Å². The molecular formula is C23H23Cl2N3O5S. The number of aromatic nitrogens is 1. The zero-order valence-corrected chi connectivity index (χ0v) is 20.8. The van der Waals surface area contributed by atoms with Gasteiger partial charge in [-0.15, -0.1) is 0 Å². The Balaban J connectivity index is 1.60. The molecule has 1 N–H and O–H groups in total. The van der Waals surface area contributed by atoms with Crippen LogP contribution in [0.2, 0.25) is 10.0 Å². The van der Waals surface area contributed by atoms with E-state index in [1.807, 2.05) is 0 Å². The van der Waals surface area contributed by atoms with Crippen molar-refractivity contribution in [2.75, 3.05) is 11.9 Å². The van der Waals surface area contributed by atoms with Crippen LogP contribution in [-0.2, 0) is 9.53 Å². The van der Waals surface area contributed by atoms with E-state index in [0.29, 0.717) is 6.42 Å². The molecule has 2 aromatic rings. The Morgan fingerprint density at radius 2 is 1.76 bits per heavy atom. The zero-order chi connectivity index (χ0) is 24.4. The minimum Gasteiger partial charge on any atom is -0.462 e. The summed E-state index contributed by atoms with van der Waals surface area (Å²) in [7, 11) is 0. The molecule has 0 saturated heterocycles. The van der Waals surface area contributed by atoms with Crippen LogP contribution in [0.15, 0.2) is 18.3 Å². The first-order chi connectivity index (χ1) is 16.3. The Labute approximate surface area is 210 Å².